The molecule has 0 N–H and O–H groups in total. The van der Waals surface area contributed by atoms with Crippen molar-refractivity contribution < 1.29 is 0 Å². The van der Waals surface area contributed by atoms with Crippen LogP contribution in [0.25, 0.3) is 0 Å². The molecule has 1 rings (SSSR count). The molecule has 0 saturated heterocycles. The zero-order valence-electron chi connectivity index (χ0n) is 8.73. The van der Waals surface area contributed by atoms with Gasteiger partial charge in [0.25, 0.3) is 0 Å². The van der Waals surface area contributed by atoms with Gasteiger partial charge in [-0.05, 0) is 37.5 Å². The second-order valence-corrected chi connectivity index (χ2v) is 4.31. The van der Waals surface area contributed by atoms with Gasteiger partial charge in [-0.2, -0.15) is 0 Å². The first-order valence-electron chi connectivity index (χ1n) is 5.57. The minimum atomic E-state index is 0.582. The minimum Gasteiger partial charge on any atom is -0.103 e. The Kier molecular flexibility index (Phi) is 4.27. The van der Waals surface area contributed by atoms with Gasteiger partial charge < -0.3 is 0 Å². The summed E-state index contributed by atoms with van der Waals surface area (Å²) in [6.45, 7) is 7.64. The maximum atomic E-state index is 3.91. The first-order valence-corrected chi connectivity index (χ1v) is 5.57. The van der Waals surface area contributed by atoms with Gasteiger partial charge in [-0.15, -0.1) is 13.2 Å². The van der Waals surface area contributed by atoms with Gasteiger partial charge in [0.15, 0.2) is 0 Å². The maximum absolute atomic E-state index is 3.91. The number of rotatable bonds is 8. The van der Waals surface area contributed by atoms with E-state index in [1.807, 2.05) is 6.08 Å². The Morgan fingerprint density at radius 1 is 1.00 bits per heavy atom. The Morgan fingerprint density at radius 3 is 2.23 bits per heavy atom. The van der Waals surface area contributed by atoms with E-state index < -0.39 is 0 Å². The van der Waals surface area contributed by atoms with Crippen molar-refractivity contribution in [2.45, 2.75) is 51.4 Å². The normalized spacial score (nSPS) is 18.2. The Bertz CT molecular complexity index is 163. The summed E-state index contributed by atoms with van der Waals surface area (Å²) >= 11 is 0. The fourth-order valence-corrected chi connectivity index (χ4v) is 1.84. The van der Waals surface area contributed by atoms with Crippen molar-refractivity contribution in [1.29, 1.82) is 0 Å². The van der Waals surface area contributed by atoms with Gasteiger partial charge in [0, 0.05) is 0 Å². The van der Waals surface area contributed by atoms with Crippen LogP contribution in [-0.2, 0) is 0 Å². The van der Waals surface area contributed by atoms with E-state index in [0.717, 1.165) is 0 Å². The summed E-state index contributed by atoms with van der Waals surface area (Å²) in [5.74, 6) is 0. The molecule has 1 saturated carbocycles. The molecule has 0 aromatic carbocycles. The van der Waals surface area contributed by atoms with Crippen LogP contribution >= 0.6 is 0 Å². The summed E-state index contributed by atoms with van der Waals surface area (Å²) in [6.07, 6.45) is 15.0. The molecule has 0 aromatic rings. The average molecular weight is 178 g/mol. The van der Waals surface area contributed by atoms with Crippen LogP contribution in [-0.4, -0.2) is 0 Å². The van der Waals surface area contributed by atoms with Gasteiger partial charge in [-0.25, -0.2) is 0 Å². The highest BCUT2D eigenvalue weighted by molar-refractivity contribution is 5.05. The highest BCUT2D eigenvalue weighted by Crippen LogP contribution is 2.50. The number of unbranched alkanes of at least 4 members (excludes halogenated alkanes) is 4. The molecule has 0 bridgehead atoms. The van der Waals surface area contributed by atoms with Crippen LogP contribution in [0, 0.1) is 5.41 Å². The standard InChI is InChI=1S/C13H22/c1-3-5-6-7-8-9-10-13(4-2)11-12-13/h3-4H,1-2,5-12H2. The highest BCUT2D eigenvalue weighted by Gasteiger charge is 2.38. The largest absolute Gasteiger partial charge is 0.103 e. The SMILES string of the molecule is C=CCCCCCCC1(C=C)CC1. The fraction of sp³-hybridized carbons (Fsp3) is 0.692. The molecule has 0 atom stereocenters. The van der Waals surface area contributed by atoms with Crippen molar-refractivity contribution in [2.75, 3.05) is 0 Å². The van der Waals surface area contributed by atoms with E-state index in [1.165, 1.54) is 51.4 Å². The predicted octanol–water partition coefficient (Wildman–Crippen LogP) is 4.48. The molecule has 1 aliphatic carbocycles. The summed E-state index contributed by atoms with van der Waals surface area (Å²) in [6, 6.07) is 0. The molecule has 0 aliphatic heterocycles. The second kappa shape index (κ2) is 5.26. The van der Waals surface area contributed by atoms with Crippen molar-refractivity contribution >= 4 is 0 Å². The first-order chi connectivity index (χ1) is 6.33. The Hall–Kier alpha value is -0.520. The van der Waals surface area contributed by atoms with Crippen molar-refractivity contribution in [3.8, 4) is 0 Å². The Labute approximate surface area is 82.7 Å². The smallest absolute Gasteiger partial charge is 0.0120 e. The number of allylic oxidation sites excluding steroid dienone is 2. The van der Waals surface area contributed by atoms with Crippen molar-refractivity contribution in [2.24, 2.45) is 5.41 Å². The van der Waals surface area contributed by atoms with Gasteiger partial charge in [-0.3, -0.25) is 0 Å². The fourth-order valence-electron chi connectivity index (χ4n) is 1.84. The highest BCUT2D eigenvalue weighted by atomic mass is 14.4. The maximum Gasteiger partial charge on any atom is -0.0120 e. The molecule has 1 fully saturated rings. The molecule has 0 nitrogen and oxygen atoms in total. The summed E-state index contributed by atoms with van der Waals surface area (Å²) in [4.78, 5) is 0. The molecular weight excluding hydrogens is 156 g/mol. The van der Waals surface area contributed by atoms with E-state index in [9.17, 15) is 0 Å². The first kappa shape index (κ1) is 10.6. The van der Waals surface area contributed by atoms with Crippen molar-refractivity contribution in [3.05, 3.63) is 25.3 Å². The van der Waals surface area contributed by atoms with Crippen LogP contribution < -0.4 is 0 Å². The zero-order chi connectivity index (χ0) is 9.57. The molecule has 0 radical (unpaired) electrons. The summed E-state index contributed by atoms with van der Waals surface area (Å²) in [5, 5.41) is 0. The van der Waals surface area contributed by atoms with Crippen LogP contribution in [0.2, 0.25) is 0 Å². The molecule has 0 amide bonds. The van der Waals surface area contributed by atoms with E-state index in [2.05, 4.69) is 19.2 Å². The quantitative estimate of drug-likeness (QED) is 0.380. The van der Waals surface area contributed by atoms with Crippen LogP contribution in [0.4, 0.5) is 0 Å². The lowest BCUT2D eigenvalue weighted by molar-refractivity contribution is 0.517. The molecule has 0 spiro atoms. The third-order valence-electron chi connectivity index (χ3n) is 3.16. The number of hydrogen-bond acceptors (Lipinski definition) is 0. The molecule has 74 valence electrons. The zero-order valence-corrected chi connectivity index (χ0v) is 8.73. The van der Waals surface area contributed by atoms with Crippen LogP contribution in [0.15, 0.2) is 25.3 Å². The van der Waals surface area contributed by atoms with Crippen molar-refractivity contribution in [3.63, 3.8) is 0 Å². The topological polar surface area (TPSA) is 0 Å². The van der Waals surface area contributed by atoms with Gasteiger partial charge in [0.2, 0.25) is 0 Å². The Balaban J connectivity index is 1.89. The monoisotopic (exact) mass is 178 g/mol. The van der Waals surface area contributed by atoms with Gasteiger partial charge in [0.05, 0.1) is 0 Å². The second-order valence-electron chi connectivity index (χ2n) is 4.31. The summed E-state index contributed by atoms with van der Waals surface area (Å²) in [5.41, 5.74) is 0.582. The van der Waals surface area contributed by atoms with E-state index in [4.69, 9.17) is 0 Å². The van der Waals surface area contributed by atoms with E-state index in [0.29, 0.717) is 5.41 Å². The van der Waals surface area contributed by atoms with E-state index in [1.54, 1.807) is 0 Å². The molecule has 0 aromatic heterocycles. The minimum absolute atomic E-state index is 0.582. The third-order valence-corrected chi connectivity index (χ3v) is 3.16. The van der Waals surface area contributed by atoms with Gasteiger partial charge in [-0.1, -0.05) is 31.4 Å². The number of hydrogen-bond donors (Lipinski definition) is 0. The molecule has 1 aliphatic rings. The lowest BCUT2D eigenvalue weighted by atomic mass is 9.98. The summed E-state index contributed by atoms with van der Waals surface area (Å²) < 4.78 is 0. The van der Waals surface area contributed by atoms with Crippen molar-refractivity contribution in [1.82, 2.24) is 0 Å². The molecule has 13 heavy (non-hydrogen) atoms. The summed E-state index contributed by atoms with van der Waals surface area (Å²) in [7, 11) is 0. The molecule has 0 heterocycles. The molecule has 0 heteroatoms. The lowest BCUT2D eigenvalue weighted by Gasteiger charge is -2.07. The van der Waals surface area contributed by atoms with Crippen LogP contribution in [0.5, 0.6) is 0 Å². The third kappa shape index (κ3) is 3.80. The predicted molar refractivity (Wildman–Crippen MR) is 59.8 cm³/mol. The Morgan fingerprint density at radius 2 is 1.69 bits per heavy atom. The van der Waals surface area contributed by atoms with Crippen LogP contribution in [0.1, 0.15) is 51.4 Å². The van der Waals surface area contributed by atoms with Gasteiger partial charge >= 0.3 is 0 Å². The van der Waals surface area contributed by atoms with Gasteiger partial charge in [0.1, 0.15) is 0 Å². The molecular formula is C13H22. The average Bonchev–Trinajstić information content (AvgIpc) is 2.92. The van der Waals surface area contributed by atoms with Crippen LogP contribution in [0.3, 0.4) is 0 Å². The van der Waals surface area contributed by atoms with E-state index >= 15 is 0 Å². The lowest BCUT2D eigenvalue weighted by Crippen LogP contribution is -1.94. The van der Waals surface area contributed by atoms with E-state index in [-0.39, 0.29) is 0 Å². The molecule has 0 unspecified atom stereocenters.